The van der Waals surface area contributed by atoms with Gasteiger partial charge in [-0.1, -0.05) is 65.8 Å². The molecule has 30 heavy (non-hydrogen) atoms. The lowest BCUT2D eigenvalue weighted by Gasteiger charge is -2.10. The summed E-state index contributed by atoms with van der Waals surface area (Å²) in [5.41, 5.74) is 9.29. The molecule has 1 N–H and O–H groups in total. The highest BCUT2D eigenvalue weighted by Gasteiger charge is 2.13. The minimum atomic E-state index is 0. The summed E-state index contributed by atoms with van der Waals surface area (Å²) in [6, 6.07) is 24.9. The Labute approximate surface area is 185 Å². The van der Waals surface area contributed by atoms with Crippen molar-refractivity contribution in [2.45, 2.75) is 13.1 Å². The van der Waals surface area contributed by atoms with Crippen LogP contribution in [0.15, 0.2) is 88.2 Å². The predicted molar refractivity (Wildman–Crippen MR) is 125 cm³/mol. The Bertz CT molecular complexity index is 1230. The van der Waals surface area contributed by atoms with Crippen molar-refractivity contribution in [2.24, 2.45) is 0 Å². The zero-order valence-corrected chi connectivity index (χ0v) is 17.7. The van der Waals surface area contributed by atoms with Gasteiger partial charge in [0.2, 0.25) is 0 Å². The quantitative estimate of drug-likeness (QED) is 0.340. The summed E-state index contributed by atoms with van der Waals surface area (Å²) in [5, 5.41) is 11.0. The van der Waals surface area contributed by atoms with Crippen LogP contribution >= 0.6 is 23.7 Å². The lowest BCUT2D eigenvalue weighted by molar-refractivity contribution is 0.459. The summed E-state index contributed by atoms with van der Waals surface area (Å²) in [7, 11) is 0. The molecule has 0 fully saturated rings. The molecule has 0 saturated heterocycles. The Kier molecular flexibility index (Phi) is 6.23. The fraction of sp³-hybridized carbons (Fsp3) is 0.0833. The van der Waals surface area contributed by atoms with E-state index in [4.69, 9.17) is 4.52 Å². The predicted octanol–water partition coefficient (Wildman–Crippen LogP) is 6.33. The number of nitrogens with one attached hydrogen (secondary N) is 1. The number of hydrogen-bond donors (Lipinski definition) is 1. The van der Waals surface area contributed by atoms with Crippen molar-refractivity contribution in [3.8, 4) is 22.5 Å². The maximum atomic E-state index is 5.50. The molecule has 2 aromatic heterocycles. The fourth-order valence-corrected chi connectivity index (χ4v) is 4.04. The zero-order valence-electron chi connectivity index (χ0n) is 16.1. The van der Waals surface area contributed by atoms with E-state index >= 15 is 0 Å². The molecular weight excluding hydrogens is 414 g/mol. The first-order valence-corrected chi connectivity index (χ1v) is 10.4. The molecule has 0 radical (unpaired) electrons. The van der Waals surface area contributed by atoms with Gasteiger partial charge in [-0.05, 0) is 23.3 Å². The molecule has 150 valence electrons. The van der Waals surface area contributed by atoms with Crippen LogP contribution in [0.3, 0.4) is 0 Å². The van der Waals surface area contributed by atoms with E-state index in [2.05, 4.69) is 69.4 Å². The van der Waals surface area contributed by atoms with Crippen molar-refractivity contribution >= 4 is 34.7 Å². The molecule has 0 bridgehead atoms. The molecular formula is C24H20ClN3OS. The Hall–Kier alpha value is -2.99. The molecule has 2 heterocycles. The molecule has 0 aliphatic rings. The maximum absolute atomic E-state index is 5.50. The van der Waals surface area contributed by atoms with E-state index in [9.17, 15) is 0 Å². The Morgan fingerprint density at radius 2 is 1.67 bits per heavy atom. The smallest absolute Gasteiger partial charge is 0.167 e. The lowest BCUT2D eigenvalue weighted by Crippen LogP contribution is -2.13. The number of para-hydroxylation sites is 1. The van der Waals surface area contributed by atoms with E-state index in [1.165, 1.54) is 11.1 Å². The maximum Gasteiger partial charge on any atom is 0.167 e. The molecule has 3 aromatic carbocycles. The van der Waals surface area contributed by atoms with Crippen molar-refractivity contribution in [2.75, 3.05) is 0 Å². The van der Waals surface area contributed by atoms with Crippen molar-refractivity contribution in [3.05, 3.63) is 94.8 Å². The third-order valence-electron chi connectivity index (χ3n) is 4.98. The molecule has 0 amide bonds. The summed E-state index contributed by atoms with van der Waals surface area (Å²) in [6.45, 7) is 1.55. The number of nitrogens with zero attached hydrogens (tertiary/aromatic N) is 2. The van der Waals surface area contributed by atoms with Crippen molar-refractivity contribution in [1.29, 1.82) is 0 Å². The van der Waals surface area contributed by atoms with Gasteiger partial charge in [-0.25, -0.2) is 4.98 Å². The monoisotopic (exact) mass is 433 g/mol. The molecule has 0 aliphatic carbocycles. The molecule has 5 rings (SSSR count). The van der Waals surface area contributed by atoms with Gasteiger partial charge in [0.05, 0.1) is 11.2 Å². The average Bonchev–Trinajstić information content (AvgIpc) is 3.45. The normalized spacial score (nSPS) is 10.8. The van der Waals surface area contributed by atoms with E-state index in [1.807, 2.05) is 29.8 Å². The van der Waals surface area contributed by atoms with Crippen LogP contribution in [-0.2, 0) is 13.1 Å². The van der Waals surface area contributed by atoms with Crippen LogP contribution in [0.5, 0.6) is 0 Å². The first kappa shape index (κ1) is 20.3. The van der Waals surface area contributed by atoms with E-state index in [-0.39, 0.29) is 12.4 Å². The van der Waals surface area contributed by atoms with E-state index in [0.717, 1.165) is 46.6 Å². The summed E-state index contributed by atoms with van der Waals surface area (Å²) in [6.07, 6.45) is 0. The number of rotatable bonds is 6. The Balaban J connectivity index is 0.00000218. The molecule has 4 nitrogen and oxygen atoms in total. The SMILES string of the molecule is Cl.c1ccc(-c2noc3ccccc23)c(CNCc2ccc(-c3cscn3)cc2)c1. The topological polar surface area (TPSA) is 51.0 Å². The molecule has 0 spiro atoms. The fourth-order valence-electron chi connectivity index (χ4n) is 3.48. The van der Waals surface area contributed by atoms with Gasteiger partial charge in [-0.3, -0.25) is 0 Å². The molecule has 0 atom stereocenters. The van der Waals surface area contributed by atoms with Crippen molar-refractivity contribution in [3.63, 3.8) is 0 Å². The first-order valence-electron chi connectivity index (χ1n) is 9.49. The van der Waals surface area contributed by atoms with Gasteiger partial charge in [0.25, 0.3) is 0 Å². The van der Waals surface area contributed by atoms with Gasteiger partial charge >= 0.3 is 0 Å². The van der Waals surface area contributed by atoms with Gasteiger partial charge in [-0.2, -0.15) is 0 Å². The number of thiazole rings is 1. The number of halogens is 1. The zero-order chi connectivity index (χ0) is 19.5. The average molecular weight is 434 g/mol. The van der Waals surface area contributed by atoms with Gasteiger partial charge in [0.1, 0.15) is 5.69 Å². The van der Waals surface area contributed by atoms with Crippen molar-refractivity contribution in [1.82, 2.24) is 15.5 Å². The molecule has 0 unspecified atom stereocenters. The van der Waals surface area contributed by atoms with Gasteiger partial charge in [0.15, 0.2) is 5.58 Å². The third-order valence-corrected chi connectivity index (χ3v) is 5.56. The number of benzene rings is 3. The minimum Gasteiger partial charge on any atom is -0.356 e. The highest BCUT2D eigenvalue weighted by atomic mass is 35.5. The van der Waals surface area contributed by atoms with Crippen LogP contribution in [-0.4, -0.2) is 10.1 Å². The minimum absolute atomic E-state index is 0. The summed E-state index contributed by atoms with van der Waals surface area (Å²) < 4.78 is 5.50. The largest absolute Gasteiger partial charge is 0.356 e. The first-order chi connectivity index (χ1) is 14.4. The third kappa shape index (κ3) is 4.14. The van der Waals surface area contributed by atoms with Crippen LogP contribution < -0.4 is 5.32 Å². The van der Waals surface area contributed by atoms with Crippen molar-refractivity contribution < 1.29 is 4.52 Å². The Morgan fingerprint density at radius 1 is 0.867 bits per heavy atom. The summed E-state index contributed by atoms with van der Waals surface area (Å²) in [4.78, 5) is 4.36. The van der Waals surface area contributed by atoms with Crippen LogP contribution in [0.1, 0.15) is 11.1 Å². The highest BCUT2D eigenvalue weighted by molar-refractivity contribution is 7.07. The summed E-state index contributed by atoms with van der Waals surface area (Å²) >= 11 is 1.62. The molecule has 6 heteroatoms. The van der Waals surface area contributed by atoms with Crippen LogP contribution in [0.25, 0.3) is 33.5 Å². The second kappa shape index (κ2) is 9.22. The Morgan fingerprint density at radius 3 is 2.50 bits per heavy atom. The summed E-state index contributed by atoms with van der Waals surface area (Å²) in [5.74, 6) is 0. The van der Waals surface area contributed by atoms with Gasteiger partial charge in [0, 0.05) is 35.0 Å². The second-order valence-electron chi connectivity index (χ2n) is 6.86. The van der Waals surface area contributed by atoms with Crippen LogP contribution in [0.4, 0.5) is 0 Å². The molecule has 0 saturated carbocycles. The molecule has 5 aromatic rings. The standard InChI is InChI=1S/C24H19N3OS.ClH/c1-2-6-20(24-21-7-3-4-8-23(21)28-27-24)19(5-1)14-25-13-17-9-11-18(12-10-17)22-15-29-16-26-22;/h1-12,15-16,25H,13-14H2;1H. The van der Waals surface area contributed by atoms with E-state index in [1.54, 1.807) is 11.3 Å². The van der Waals surface area contributed by atoms with Gasteiger partial charge in [-0.15, -0.1) is 23.7 Å². The lowest BCUT2D eigenvalue weighted by atomic mass is 10.0. The number of aromatic nitrogens is 2. The number of hydrogen-bond acceptors (Lipinski definition) is 5. The highest BCUT2D eigenvalue weighted by Crippen LogP contribution is 2.30. The number of fused-ring (bicyclic) bond motifs is 1. The van der Waals surface area contributed by atoms with Crippen LogP contribution in [0, 0.1) is 0 Å². The van der Waals surface area contributed by atoms with E-state index < -0.39 is 0 Å². The second-order valence-corrected chi connectivity index (χ2v) is 7.58. The molecule has 0 aliphatic heterocycles. The van der Waals surface area contributed by atoms with E-state index in [0.29, 0.717) is 0 Å². The van der Waals surface area contributed by atoms with Crippen LogP contribution in [0.2, 0.25) is 0 Å². The van der Waals surface area contributed by atoms with Gasteiger partial charge < -0.3 is 9.84 Å².